The second kappa shape index (κ2) is 2.94. The van der Waals surface area contributed by atoms with E-state index in [2.05, 4.69) is 0 Å². The lowest BCUT2D eigenvalue weighted by Crippen LogP contribution is -2.46. The highest BCUT2D eigenvalue weighted by molar-refractivity contribution is 5.88. The van der Waals surface area contributed by atoms with Gasteiger partial charge in [-0.25, -0.2) is 10.0 Å². The molecule has 2 rings (SSSR count). The summed E-state index contributed by atoms with van der Waals surface area (Å²) in [6.07, 6.45) is 1.25. The lowest BCUT2D eigenvalue weighted by Gasteiger charge is -2.20. The number of carbonyl (C=O) groups excluding carboxylic acids is 1. The van der Waals surface area contributed by atoms with Crippen molar-refractivity contribution in [2.75, 3.05) is 6.54 Å². The molecule has 3 nitrogen and oxygen atoms in total. The summed E-state index contributed by atoms with van der Waals surface area (Å²) in [7, 11) is 0. The van der Waals surface area contributed by atoms with Crippen LogP contribution in [0.15, 0.2) is 30.3 Å². The average molecular weight is 178 g/mol. The fourth-order valence-corrected chi connectivity index (χ4v) is 1.72. The van der Waals surface area contributed by atoms with Crippen molar-refractivity contribution in [3.63, 3.8) is 0 Å². The molecule has 3 heteroatoms. The highest BCUT2D eigenvalue weighted by Crippen LogP contribution is 2.27. The Morgan fingerprint density at radius 1 is 1.23 bits per heavy atom. The molecule has 1 heterocycles. The summed E-state index contributed by atoms with van der Waals surface area (Å²) < 4.78 is -0.513. The molecule has 0 bridgehead atoms. The molecule has 13 heavy (non-hydrogen) atoms. The summed E-state index contributed by atoms with van der Waals surface area (Å²) in [5.41, 5.74) is 0.671. The van der Waals surface area contributed by atoms with Crippen molar-refractivity contribution in [3.8, 4) is 0 Å². The Morgan fingerprint density at radius 2 is 1.92 bits per heavy atom. The first-order valence-electron chi connectivity index (χ1n) is 4.43. The average Bonchev–Trinajstić information content (AvgIpc) is 2.50. The van der Waals surface area contributed by atoms with Gasteiger partial charge in [0.15, 0.2) is 5.69 Å². The van der Waals surface area contributed by atoms with Gasteiger partial charge >= 0.3 is 5.91 Å². The monoisotopic (exact) mass is 178 g/mol. The molecule has 1 saturated heterocycles. The zero-order chi connectivity index (χ0) is 9.31. The SMILES string of the molecule is O=C1CCC[N+]1(O)c1ccccc1. The van der Waals surface area contributed by atoms with E-state index in [0.29, 0.717) is 18.7 Å². The topological polar surface area (TPSA) is 37.3 Å². The molecule has 1 N–H and O–H groups in total. The third kappa shape index (κ3) is 1.26. The minimum Gasteiger partial charge on any atom is -0.227 e. The number of carbonyl (C=O) groups is 1. The Hall–Kier alpha value is -1.19. The first kappa shape index (κ1) is 8.41. The molecule has 0 aliphatic carbocycles. The van der Waals surface area contributed by atoms with Gasteiger partial charge in [0.25, 0.3) is 0 Å². The van der Waals surface area contributed by atoms with Crippen LogP contribution >= 0.6 is 0 Å². The molecule has 0 spiro atoms. The van der Waals surface area contributed by atoms with Crippen molar-refractivity contribution in [2.45, 2.75) is 12.8 Å². The second-order valence-corrected chi connectivity index (χ2v) is 3.33. The summed E-state index contributed by atoms with van der Waals surface area (Å²) in [5, 5.41) is 10.0. The number of nitrogens with zero attached hydrogens (tertiary/aromatic N) is 1. The Morgan fingerprint density at radius 3 is 2.46 bits per heavy atom. The van der Waals surface area contributed by atoms with Gasteiger partial charge in [0.2, 0.25) is 0 Å². The molecule has 1 amide bonds. The van der Waals surface area contributed by atoms with Crippen LogP contribution in [0.25, 0.3) is 0 Å². The van der Waals surface area contributed by atoms with Crippen molar-refractivity contribution in [2.24, 2.45) is 0 Å². The molecule has 1 unspecified atom stereocenters. The Balaban J connectivity index is 2.40. The van der Waals surface area contributed by atoms with Crippen LogP contribution in [0.4, 0.5) is 5.69 Å². The predicted molar refractivity (Wildman–Crippen MR) is 49.1 cm³/mol. The summed E-state index contributed by atoms with van der Waals surface area (Å²) in [6.45, 7) is 0.503. The molecule has 0 radical (unpaired) electrons. The van der Waals surface area contributed by atoms with Gasteiger partial charge in [0, 0.05) is 18.6 Å². The third-order valence-corrected chi connectivity index (χ3v) is 2.47. The van der Waals surface area contributed by atoms with E-state index < -0.39 is 4.65 Å². The van der Waals surface area contributed by atoms with Gasteiger partial charge in [-0.1, -0.05) is 22.8 Å². The normalized spacial score (nSPS) is 27.9. The van der Waals surface area contributed by atoms with Crippen molar-refractivity contribution in [1.29, 1.82) is 0 Å². The fourth-order valence-electron chi connectivity index (χ4n) is 1.72. The predicted octanol–water partition coefficient (Wildman–Crippen LogP) is 1.70. The zero-order valence-electron chi connectivity index (χ0n) is 7.31. The molecule has 1 aliphatic rings. The maximum absolute atomic E-state index is 11.4. The van der Waals surface area contributed by atoms with Gasteiger partial charge in [0.05, 0.1) is 6.42 Å². The maximum Gasteiger partial charge on any atom is 0.351 e. The van der Waals surface area contributed by atoms with Crippen molar-refractivity contribution >= 4 is 11.6 Å². The molecule has 1 aliphatic heterocycles. The molecule has 1 fully saturated rings. The summed E-state index contributed by atoms with van der Waals surface area (Å²) in [4.78, 5) is 11.4. The van der Waals surface area contributed by atoms with E-state index in [1.807, 2.05) is 18.2 Å². The van der Waals surface area contributed by atoms with Gasteiger partial charge in [-0.2, -0.15) is 0 Å². The quantitative estimate of drug-likeness (QED) is 0.525. The summed E-state index contributed by atoms with van der Waals surface area (Å²) in [5.74, 6) is -0.105. The van der Waals surface area contributed by atoms with Crippen molar-refractivity contribution in [3.05, 3.63) is 30.3 Å². The lowest BCUT2D eigenvalue weighted by atomic mass is 10.3. The number of hydrogen-bond donors (Lipinski definition) is 1. The first-order chi connectivity index (χ1) is 6.23. The molecule has 1 atom stereocenters. The van der Waals surface area contributed by atoms with Crippen LogP contribution in [0.2, 0.25) is 0 Å². The van der Waals surface area contributed by atoms with Crippen LogP contribution in [0, 0.1) is 0 Å². The van der Waals surface area contributed by atoms with Gasteiger partial charge < -0.3 is 0 Å². The highest BCUT2D eigenvalue weighted by Gasteiger charge is 2.42. The lowest BCUT2D eigenvalue weighted by molar-refractivity contribution is -0.154. The molecule has 1 aromatic rings. The van der Waals surface area contributed by atoms with E-state index >= 15 is 0 Å². The summed E-state index contributed by atoms with van der Waals surface area (Å²) >= 11 is 0. The molecule has 0 saturated carbocycles. The van der Waals surface area contributed by atoms with Crippen LogP contribution in [0.1, 0.15) is 12.8 Å². The Kier molecular flexibility index (Phi) is 1.90. The number of para-hydroxylation sites is 1. The van der Waals surface area contributed by atoms with Gasteiger partial charge in [-0.15, -0.1) is 0 Å². The number of amides is 1. The first-order valence-corrected chi connectivity index (χ1v) is 4.43. The van der Waals surface area contributed by atoms with E-state index in [9.17, 15) is 10.0 Å². The van der Waals surface area contributed by atoms with Crippen molar-refractivity contribution in [1.82, 2.24) is 4.65 Å². The number of hydroxylamine groups is 2. The molecular weight excluding hydrogens is 166 g/mol. The number of quaternary nitrogens is 1. The van der Waals surface area contributed by atoms with Crippen LogP contribution < -0.4 is 4.65 Å². The zero-order valence-corrected chi connectivity index (χ0v) is 7.31. The van der Waals surface area contributed by atoms with Crippen LogP contribution in [-0.4, -0.2) is 17.7 Å². The largest absolute Gasteiger partial charge is 0.351 e. The minimum absolute atomic E-state index is 0.105. The molecule has 1 aromatic carbocycles. The Labute approximate surface area is 76.8 Å². The molecular formula is C10H12NO2+. The smallest absolute Gasteiger partial charge is 0.227 e. The maximum atomic E-state index is 11.4. The number of hydrogen-bond acceptors (Lipinski definition) is 2. The van der Waals surface area contributed by atoms with Crippen LogP contribution in [0.3, 0.4) is 0 Å². The van der Waals surface area contributed by atoms with Gasteiger partial charge in [-0.3, -0.25) is 0 Å². The van der Waals surface area contributed by atoms with E-state index in [1.54, 1.807) is 12.1 Å². The summed E-state index contributed by atoms with van der Waals surface area (Å²) in [6, 6.07) is 9.09. The standard InChI is InChI=1S/C10H12NO2/c12-10-7-4-8-11(10,13)9-5-2-1-3-6-9/h1-3,5-6,13H,4,7-8H2/q+1. The second-order valence-electron chi connectivity index (χ2n) is 3.33. The number of rotatable bonds is 1. The van der Waals surface area contributed by atoms with Gasteiger partial charge in [0.1, 0.15) is 6.54 Å². The van der Waals surface area contributed by atoms with E-state index in [4.69, 9.17) is 0 Å². The minimum atomic E-state index is -0.513. The number of benzene rings is 1. The van der Waals surface area contributed by atoms with Crippen LogP contribution in [-0.2, 0) is 4.79 Å². The van der Waals surface area contributed by atoms with Gasteiger partial charge in [-0.05, 0) is 0 Å². The van der Waals surface area contributed by atoms with Crippen LogP contribution in [0.5, 0.6) is 0 Å². The molecule has 0 aromatic heterocycles. The van der Waals surface area contributed by atoms with E-state index in [0.717, 1.165) is 6.42 Å². The van der Waals surface area contributed by atoms with E-state index in [-0.39, 0.29) is 5.91 Å². The van der Waals surface area contributed by atoms with E-state index in [1.165, 1.54) is 0 Å². The molecule has 68 valence electrons. The fraction of sp³-hybridized carbons (Fsp3) is 0.300. The Bertz CT molecular complexity index is 323. The van der Waals surface area contributed by atoms with Crippen molar-refractivity contribution < 1.29 is 10.0 Å². The third-order valence-electron chi connectivity index (χ3n) is 2.47. The highest BCUT2D eigenvalue weighted by atomic mass is 16.6.